The molecule has 3 aromatic rings. The Morgan fingerprint density at radius 1 is 1.10 bits per heavy atom. The van der Waals surface area contributed by atoms with Crippen LogP contribution in [-0.2, 0) is 0 Å². The van der Waals surface area contributed by atoms with Crippen LogP contribution in [0.25, 0.3) is 11.0 Å². The first-order valence-electron chi connectivity index (χ1n) is 6.32. The standard InChI is InChI=1S/C15H14N4O/c1-11-7-9-12(10-8-11)18(2)15(20)19-14-6-4-3-5-13(14)16-17-19/h3-10H,1-2H3. The molecule has 3 rings (SSSR count). The normalized spacial score (nSPS) is 10.7. The molecule has 0 unspecified atom stereocenters. The molecular weight excluding hydrogens is 252 g/mol. The lowest BCUT2D eigenvalue weighted by Gasteiger charge is -2.17. The van der Waals surface area contributed by atoms with E-state index >= 15 is 0 Å². The van der Waals surface area contributed by atoms with Gasteiger partial charge in [-0.05, 0) is 31.2 Å². The van der Waals surface area contributed by atoms with Gasteiger partial charge in [0.05, 0.1) is 5.52 Å². The second kappa shape index (κ2) is 4.77. The fraction of sp³-hybridized carbons (Fsp3) is 0.133. The zero-order chi connectivity index (χ0) is 14.1. The summed E-state index contributed by atoms with van der Waals surface area (Å²) in [5, 5.41) is 7.93. The maximum Gasteiger partial charge on any atom is 0.350 e. The number of hydrogen-bond acceptors (Lipinski definition) is 3. The van der Waals surface area contributed by atoms with Gasteiger partial charge in [0, 0.05) is 12.7 Å². The minimum absolute atomic E-state index is 0.234. The van der Waals surface area contributed by atoms with E-state index in [-0.39, 0.29) is 6.03 Å². The largest absolute Gasteiger partial charge is 0.350 e. The number of fused-ring (bicyclic) bond motifs is 1. The number of nitrogens with zero attached hydrogens (tertiary/aromatic N) is 4. The quantitative estimate of drug-likeness (QED) is 0.680. The van der Waals surface area contributed by atoms with Crippen molar-refractivity contribution in [2.75, 3.05) is 11.9 Å². The molecule has 0 saturated carbocycles. The van der Waals surface area contributed by atoms with Crippen molar-refractivity contribution in [3.05, 3.63) is 54.1 Å². The lowest BCUT2D eigenvalue weighted by molar-refractivity contribution is 0.246. The number of carbonyl (C=O) groups excluding carboxylic acids is 1. The smallest absolute Gasteiger partial charge is 0.296 e. The van der Waals surface area contributed by atoms with Crippen LogP contribution in [0.2, 0.25) is 0 Å². The highest BCUT2D eigenvalue weighted by Crippen LogP contribution is 2.16. The van der Waals surface area contributed by atoms with E-state index in [1.165, 1.54) is 4.68 Å². The molecule has 0 aliphatic carbocycles. The molecule has 1 aromatic heterocycles. The van der Waals surface area contributed by atoms with Crippen molar-refractivity contribution in [2.45, 2.75) is 6.92 Å². The number of benzene rings is 2. The second-order valence-electron chi connectivity index (χ2n) is 4.67. The first-order chi connectivity index (χ1) is 9.66. The number of amides is 1. The van der Waals surface area contributed by atoms with Crippen LogP contribution in [0.5, 0.6) is 0 Å². The highest BCUT2D eigenvalue weighted by atomic mass is 16.2. The van der Waals surface area contributed by atoms with E-state index in [2.05, 4.69) is 10.3 Å². The Kier molecular flexibility index (Phi) is 2.95. The molecule has 0 atom stereocenters. The van der Waals surface area contributed by atoms with Gasteiger partial charge in [-0.1, -0.05) is 35.0 Å². The molecule has 0 N–H and O–H groups in total. The van der Waals surface area contributed by atoms with Gasteiger partial charge >= 0.3 is 6.03 Å². The number of aryl methyl sites for hydroxylation is 1. The van der Waals surface area contributed by atoms with Crippen LogP contribution in [0.15, 0.2) is 48.5 Å². The average Bonchev–Trinajstić information content (AvgIpc) is 2.90. The molecule has 100 valence electrons. The Morgan fingerprint density at radius 2 is 1.80 bits per heavy atom. The molecule has 0 radical (unpaired) electrons. The summed E-state index contributed by atoms with van der Waals surface area (Å²) in [5.41, 5.74) is 3.38. The summed E-state index contributed by atoms with van der Waals surface area (Å²) in [7, 11) is 1.73. The number of rotatable bonds is 1. The van der Waals surface area contributed by atoms with E-state index in [0.29, 0.717) is 11.0 Å². The number of aromatic nitrogens is 3. The van der Waals surface area contributed by atoms with E-state index in [1.54, 1.807) is 11.9 Å². The Bertz CT molecular complexity index is 761. The number of para-hydroxylation sites is 1. The van der Waals surface area contributed by atoms with Crippen LogP contribution in [0.1, 0.15) is 5.56 Å². The summed E-state index contributed by atoms with van der Waals surface area (Å²) in [4.78, 5) is 14.0. The van der Waals surface area contributed by atoms with E-state index < -0.39 is 0 Å². The molecule has 0 spiro atoms. The summed E-state index contributed by atoms with van der Waals surface area (Å²) in [6.45, 7) is 2.01. The molecule has 5 heteroatoms. The van der Waals surface area contributed by atoms with Gasteiger partial charge in [0.25, 0.3) is 0 Å². The number of hydrogen-bond donors (Lipinski definition) is 0. The van der Waals surface area contributed by atoms with E-state index in [4.69, 9.17) is 0 Å². The SMILES string of the molecule is Cc1ccc(N(C)C(=O)n2nnc3ccccc32)cc1. The highest BCUT2D eigenvalue weighted by molar-refractivity contribution is 5.97. The third-order valence-corrected chi connectivity index (χ3v) is 3.24. The van der Waals surface area contributed by atoms with Gasteiger partial charge in [0.15, 0.2) is 0 Å². The number of carbonyl (C=O) groups is 1. The molecule has 0 aliphatic heterocycles. The van der Waals surface area contributed by atoms with Gasteiger partial charge < -0.3 is 0 Å². The van der Waals surface area contributed by atoms with Gasteiger partial charge in [0.2, 0.25) is 0 Å². The molecule has 0 saturated heterocycles. The first kappa shape index (κ1) is 12.3. The van der Waals surface area contributed by atoms with Crippen LogP contribution in [0, 0.1) is 6.92 Å². The minimum atomic E-state index is -0.234. The monoisotopic (exact) mass is 266 g/mol. The summed E-state index contributed by atoms with van der Waals surface area (Å²) >= 11 is 0. The molecule has 1 heterocycles. The van der Waals surface area contributed by atoms with Crippen molar-refractivity contribution in [1.29, 1.82) is 0 Å². The Balaban J connectivity index is 1.97. The molecule has 0 fully saturated rings. The predicted molar refractivity (Wildman–Crippen MR) is 77.9 cm³/mol. The van der Waals surface area contributed by atoms with Crippen LogP contribution >= 0.6 is 0 Å². The Morgan fingerprint density at radius 3 is 2.55 bits per heavy atom. The van der Waals surface area contributed by atoms with E-state index in [0.717, 1.165) is 11.3 Å². The van der Waals surface area contributed by atoms with Crippen molar-refractivity contribution >= 4 is 22.8 Å². The zero-order valence-electron chi connectivity index (χ0n) is 11.3. The lowest BCUT2D eigenvalue weighted by atomic mass is 10.2. The van der Waals surface area contributed by atoms with Crippen molar-refractivity contribution in [1.82, 2.24) is 15.0 Å². The van der Waals surface area contributed by atoms with Crippen LogP contribution in [0.3, 0.4) is 0 Å². The third-order valence-electron chi connectivity index (χ3n) is 3.24. The third kappa shape index (κ3) is 2.03. The molecular formula is C15H14N4O. The molecule has 1 amide bonds. The number of anilines is 1. The summed E-state index contributed by atoms with van der Waals surface area (Å²) < 4.78 is 1.31. The van der Waals surface area contributed by atoms with Crippen molar-refractivity contribution in [2.24, 2.45) is 0 Å². The maximum absolute atomic E-state index is 12.5. The Hall–Kier alpha value is -2.69. The van der Waals surface area contributed by atoms with Gasteiger partial charge in [-0.15, -0.1) is 5.10 Å². The zero-order valence-corrected chi connectivity index (χ0v) is 11.3. The van der Waals surface area contributed by atoms with Crippen molar-refractivity contribution in [3.63, 3.8) is 0 Å². The van der Waals surface area contributed by atoms with E-state index in [9.17, 15) is 4.79 Å². The minimum Gasteiger partial charge on any atom is -0.296 e. The van der Waals surface area contributed by atoms with Crippen LogP contribution in [-0.4, -0.2) is 28.1 Å². The van der Waals surface area contributed by atoms with Crippen LogP contribution in [0.4, 0.5) is 10.5 Å². The fourth-order valence-corrected chi connectivity index (χ4v) is 2.03. The fourth-order valence-electron chi connectivity index (χ4n) is 2.03. The van der Waals surface area contributed by atoms with E-state index in [1.807, 2.05) is 55.5 Å². The predicted octanol–water partition coefficient (Wildman–Crippen LogP) is 2.84. The summed E-state index contributed by atoms with van der Waals surface area (Å²) in [6.07, 6.45) is 0. The molecule has 2 aromatic carbocycles. The van der Waals surface area contributed by atoms with Gasteiger partial charge in [0.1, 0.15) is 5.52 Å². The summed E-state index contributed by atoms with van der Waals surface area (Å²) in [5.74, 6) is 0. The average molecular weight is 266 g/mol. The topological polar surface area (TPSA) is 51.0 Å². The highest BCUT2D eigenvalue weighted by Gasteiger charge is 2.17. The second-order valence-corrected chi connectivity index (χ2v) is 4.67. The first-order valence-corrected chi connectivity index (χ1v) is 6.32. The molecule has 0 aliphatic rings. The maximum atomic E-state index is 12.5. The van der Waals surface area contributed by atoms with Crippen molar-refractivity contribution in [3.8, 4) is 0 Å². The summed E-state index contributed by atoms with van der Waals surface area (Å²) in [6, 6.07) is 14.9. The molecule has 20 heavy (non-hydrogen) atoms. The molecule has 0 bridgehead atoms. The van der Waals surface area contributed by atoms with Gasteiger partial charge in [-0.2, -0.15) is 4.68 Å². The van der Waals surface area contributed by atoms with Crippen LogP contribution < -0.4 is 4.90 Å². The van der Waals surface area contributed by atoms with Crippen molar-refractivity contribution < 1.29 is 4.79 Å². The lowest BCUT2D eigenvalue weighted by Crippen LogP contribution is -2.31. The van der Waals surface area contributed by atoms with Gasteiger partial charge in [-0.3, -0.25) is 4.90 Å². The van der Waals surface area contributed by atoms with Gasteiger partial charge in [-0.25, -0.2) is 4.79 Å². The Labute approximate surface area is 116 Å². The molecule has 5 nitrogen and oxygen atoms in total.